The molecule has 102 valence electrons. The minimum atomic E-state index is 0. The van der Waals surface area contributed by atoms with Crippen LogP contribution in [0.15, 0.2) is 60.7 Å². The highest BCUT2D eigenvalue weighted by molar-refractivity contribution is 5.85. The zero-order valence-corrected chi connectivity index (χ0v) is 12.0. The van der Waals surface area contributed by atoms with Crippen LogP contribution < -0.4 is 5.73 Å². The van der Waals surface area contributed by atoms with Gasteiger partial charge in [-0.25, -0.2) is 4.68 Å². The molecular formula is C16H16ClN3. The van der Waals surface area contributed by atoms with Gasteiger partial charge < -0.3 is 5.73 Å². The van der Waals surface area contributed by atoms with Crippen LogP contribution in [-0.4, -0.2) is 9.78 Å². The van der Waals surface area contributed by atoms with Crippen molar-refractivity contribution in [2.75, 3.05) is 5.73 Å². The van der Waals surface area contributed by atoms with E-state index in [1.165, 1.54) is 0 Å². The van der Waals surface area contributed by atoms with E-state index in [1.807, 2.05) is 72.3 Å². The lowest BCUT2D eigenvalue weighted by molar-refractivity contribution is 0.869. The van der Waals surface area contributed by atoms with Crippen molar-refractivity contribution in [2.45, 2.75) is 6.92 Å². The van der Waals surface area contributed by atoms with Crippen molar-refractivity contribution in [1.29, 1.82) is 0 Å². The van der Waals surface area contributed by atoms with E-state index in [2.05, 4.69) is 5.10 Å². The molecule has 4 heteroatoms. The van der Waals surface area contributed by atoms with Crippen LogP contribution in [0.2, 0.25) is 0 Å². The molecule has 20 heavy (non-hydrogen) atoms. The standard InChI is InChI=1S/C16H15N3.ClH/c1-12-15(17)16(13-8-4-2-5-9-13)19(18-12)14-10-6-3-7-11-14;/h2-11H,17H2,1H3;1H. The number of anilines is 1. The van der Waals surface area contributed by atoms with E-state index >= 15 is 0 Å². The van der Waals surface area contributed by atoms with Gasteiger partial charge in [0.25, 0.3) is 0 Å². The number of aromatic nitrogens is 2. The average molecular weight is 286 g/mol. The second-order valence-electron chi connectivity index (χ2n) is 4.46. The number of hydrogen-bond donors (Lipinski definition) is 1. The SMILES string of the molecule is Cc1nn(-c2ccccc2)c(-c2ccccc2)c1N.Cl. The fraction of sp³-hybridized carbons (Fsp3) is 0.0625. The molecule has 0 amide bonds. The minimum absolute atomic E-state index is 0. The van der Waals surface area contributed by atoms with Gasteiger partial charge in [0.15, 0.2) is 0 Å². The molecule has 1 heterocycles. The highest BCUT2D eigenvalue weighted by Gasteiger charge is 2.15. The van der Waals surface area contributed by atoms with E-state index < -0.39 is 0 Å². The number of halogens is 1. The molecule has 0 saturated heterocycles. The average Bonchev–Trinajstić information content (AvgIpc) is 2.77. The summed E-state index contributed by atoms with van der Waals surface area (Å²) in [5, 5.41) is 4.55. The van der Waals surface area contributed by atoms with Crippen molar-refractivity contribution in [3.05, 3.63) is 66.4 Å². The van der Waals surface area contributed by atoms with Crippen molar-refractivity contribution >= 4 is 18.1 Å². The summed E-state index contributed by atoms with van der Waals surface area (Å²) in [5.74, 6) is 0. The maximum absolute atomic E-state index is 6.19. The van der Waals surface area contributed by atoms with Gasteiger partial charge in [0.2, 0.25) is 0 Å². The third-order valence-corrected chi connectivity index (χ3v) is 3.15. The molecule has 0 aliphatic carbocycles. The molecule has 3 rings (SSSR count). The molecule has 0 atom stereocenters. The number of benzene rings is 2. The van der Waals surface area contributed by atoms with Gasteiger partial charge in [-0.1, -0.05) is 48.5 Å². The fourth-order valence-corrected chi connectivity index (χ4v) is 2.17. The van der Waals surface area contributed by atoms with Crippen LogP contribution in [0.3, 0.4) is 0 Å². The Hall–Kier alpha value is -2.26. The van der Waals surface area contributed by atoms with E-state index in [-0.39, 0.29) is 12.4 Å². The Balaban J connectivity index is 0.00000147. The Morgan fingerprint density at radius 3 is 2.05 bits per heavy atom. The first-order chi connectivity index (χ1) is 9.27. The number of nitrogens with zero attached hydrogens (tertiary/aromatic N) is 2. The van der Waals surface area contributed by atoms with Gasteiger partial charge in [-0.3, -0.25) is 0 Å². The first-order valence-electron chi connectivity index (χ1n) is 6.23. The van der Waals surface area contributed by atoms with E-state index in [0.717, 1.165) is 28.3 Å². The molecule has 1 aromatic heterocycles. The molecule has 2 N–H and O–H groups in total. The molecule has 0 fully saturated rings. The van der Waals surface area contributed by atoms with Gasteiger partial charge >= 0.3 is 0 Å². The van der Waals surface area contributed by atoms with Crippen molar-refractivity contribution in [3.63, 3.8) is 0 Å². The molecule has 0 spiro atoms. The Labute approximate surface area is 124 Å². The molecule has 2 aromatic carbocycles. The summed E-state index contributed by atoms with van der Waals surface area (Å²) in [4.78, 5) is 0. The maximum Gasteiger partial charge on any atom is 0.0973 e. The molecule has 0 bridgehead atoms. The largest absolute Gasteiger partial charge is 0.395 e. The van der Waals surface area contributed by atoms with Crippen LogP contribution in [-0.2, 0) is 0 Å². The van der Waals surface area contributed by atoms with Crippen LogP contribution in [0.1, 0.15) is 5.69 Å². The summed E-state index contributed by atoms with van der Waals surface area (Å²) in [6, 6.07) is 20.1. The summed E-state index contributed by atoms with van der Waals surface area (Å²) >= 11 is 0. The Kier molecular flexibility index (Phi) is 4.11. The minimum Gasteiger partial charge on any atom is -0.395 e. The van der Waals surface area contributed by atoms with Crippen molar-refractivity contribution in [2.24, 2.45) is 0 Å². The van der Waals surface area contributed by atoms with Gasteiger partial charge in [-0.2, -0.15) is 5.10 Å². The number of rotatable bonds is 2. The van der Waals surface area contributed by atoms with Crippen molar-refractivity contribution in [1.82, 2.24) is 9.78 Å². The zero-order valence-electron chi connectivity index (χ0n) is 11.2. The lowest BCUT2D eigenvalue weighted by atomic mass is 10.1. The second kappa shape index (κ2) is 5.80. The summed E-state index contributed by atoms with van der Waals surface area (Å²) in [6.45, 7) is 1.93. The van der Waals surface area contributed by atoms with Crippen LogP contribution >= 0.6 is 12.4 Å². The third-order valence-electron chi connectivity index (χ3n) is 3.15. The first kappa shape index (κ1) is 14.2. The molecular weight excluding hydrogens is 270 g/mol. The lowest BCUT2D eigenvalue weighted by Gasteiger charge is -2.08. The van der Waals surface area contributed by atoms with Gasteiger partial charge in [0, 0.05) is 5.56 Å². The van der Waals surface area contributed by atoms with E-state index in [1.54, 1.807) is 0 Å². The number of aryl methyl sites for hydroxylation is 1. The number of hydrogen-bond acceptors (Lipinski definition) is 2. The van der Waals surface area contributed by atoms with E-state index in [9.17, 15) is 0 Å². The van der Waals surface area contributed by atoms with E-state index in [0.29, 0.717) is 0 Å². The third kappa shape index (κ3) is 2.40. The predicted molar refractivity (Wildman–Crippen MR) is 85.4 cm³/mol. The van der Waals surface area contributed by atoms with Crippen molar-refractivity contribution in [3.8, 4) is 16.9 Å². The Morgan fingerprint density at radius 2 is 1.45 bits per heavy atom. The molecule has 3 nitrogen and oxygen atoms in total. The molecule has 0 aliphatic heterocycles. The summed E-state index contributed by atoms with van der Waals surface area (Å²) < 4.78 is 1.90. The van der Waals surface area contributed by atoms with Crippen LogP contribution in [0, 0.1) is 6.92 Å². The summed E-state index contributed by atoms with van der Waals surface area (Å²) in [6.07, 6.45) is 0. The fourth-order valence-electron chi connectivity index (χ4n) is 2.17. The highest BCUT2D eigenvalue weighted by Crippen LogP contribution is 2.30. The lowest BCUT2D eigenvalue weighted by Crippen LogP contribution is -1.99. The Bertz CT molecular complexity index is 691. The number of nitrogen functional groups attached to an aromatic ring is 1. The zero-order chi connectivity index (χ0) is 13.2. The summed E-state index contributed by atoms with van der Waals surface area (Å²) in [7, 11) is 0. The van der Waals surface area contributed by atoms with Gasteiger partial charge in [-0.05, 0) is 19.1 Å². The number of para-hydroxylation sites is 1. The smallest absolute Gasteiger partial charge is 0.0973 e. The quantitative estimate of drug-likeness (QED) is 0.777. The Morgan fingerprint density at radius 1 is 0.900 bits per heavy atom. The van der Waals surface area contributed by atoms with Crippen LogP contribution in [0.5, 0.6) is 0 Å². The van der Waals surface area contributed by atoms with E-state index in [4.69, 9.17) is 5.73 Å². The van der Waals surface area contributed by atoms with Crippen LogP contribution in [0.25, 0.3) is 16.9 Å². The molecule has 0 saturated carbocycles. The van der Waals surface area contributed by atoms with Gasteiger partial charge in [-0.15, -0.1) is 12.4 Å². The topological polar surface area (TPSA) is 43.8 Å². The number of nitrogens with two attached hydrogens (primary N) is 1. The molecule has 0 radical (unpaired) electrons. The summed E-state index contributed by atoms with van der Waals surface area (Å²) in [5.41, 5.74) is 10.8. The monoisotopic (exact) mass is 285 g/mol. The molecule has 3 aromatic rings. The van der Waals surface area contributed by atoms with Gasteiger partial charge in [0.05, 0.1) is 22.8 Å². The predicted octanol–water partition coefficient (Wildman–Crippen LogP) is 3.85. The maximum atomic E-state index is 6.19. The molecule has 0 unspecified atom stereocenters. The van der Waals surface area contributed by atoms with Gasteiger partial charge in [0.1, 0.15) is 0 Å². The second-order valence-corrected chi connectivity index (χ2v) is 4.46. The highest BCUT2D eigenvalue weighted by atomic mass is 35.5. The molecule has 0 aliphatic rings. The first-order valence-corrected chi connectivity index (χ1v) is 6.23. The normalized spacial score (nSPS) is 10.1. The van der Waals surface area contributed by atoms with Crippen molar-refractivity contribution < 1.29 is 0 Å². The van der Waals surface area contributed by atoms with Crippen LogP contribution in [0.4, 0.5) is 5.69 Å².